The van der Waals surface area contributed by atoms with Crippen molar-refractivity contribution < 1.29 is 23.9 Å². The molecule has 3 aromatic rings. The maximum Gasteiger partial charge on any atom is 0.330 e. The fourth-order valence-electron chi connectivity index (χ4n) is 3.61. The van der Waals surface area contributed by atoms with Gasteiger partial charge in [0.1, 0.15) is 6.29 Å². The molecule has 3 rings (SSSR count). The van der Waals surface area contributed by atoms with Gasteiger partial charge in [-0.1, -0.05) is 53.5 Å². The van der Waals surface area contributed by atoms with Crippen LogP contribution < -0.4 is 22.3 Å². The Morgan fingerprint density at radius 2 is 1.59 bits per heavy atom. The first-order valence-corrected chi connectivity index (χ1v) is 13.0. The molecular formula is C28H34Cl2N4O7. The average Bonchev–Trinajstić information content (AvgIpc) is 2.92. The Labute approximate surface area is 247 Å². The third-order valence-corrected chi connectivity index (χ3v) is 6.36. The average molecular weight is 610 g/mol. The minimum absolute atomic E-state index is 0.169. The lowest BCUT2D eigenvalue weighted by Gasteiger charge is -2.16. The van der Waals surface area contributed by atoms with Crippen LogP contribution in [0.25, 0.3) is 11.1 Å². The Morgan fingerprint density at radius 1 is 1.05 bits per heavy atom. The first-order valence-electron chi connectivity index (χ1n) is 12.2. The Kier molecular flexibility index (Phi) is 14.7. The van der Waals surface area contributed by atoms with Crippen LogP contribution in [0.2, 0.25) is 10.0 Å². The minimum Gasteiger partial charge on any atom is -0.424 e. The quantitative estimate of drug-likeness (QED) is 0.292. The zero-order chi connectivity index (χ0) is 31.3. The first kappa shape index (κ1) is 35.3. The maximum absolute atomic E-state index is 12.6. The Hall–Kier alpha value is -3.77. The summed E-state index contributed by atoms with van der Waals surface area (Å²) in [6.45, 7) is 5.32. The fourth-order valence-corrected chi connectivity index (χ4v) is 4.18. The predicted molar refractivity (Wildman–Crippen MR) is 158 cm³/mol. The highest BCUT2D eigenvalue weighted by Gasteiger charge is 2.17. The number of hydrogen-bond donors (Lipinski definition) is 2. The maximum atomic E-state index is 12.6. The molecule has 3 N–H and O–H groups in total. The highest BCUT2D eigenvalue weighted by molar-refractivity contribution is 6.39. The van der Waals surface area contributed by atoms with E-state index in [1.165, 1.54) is 25.6 Å². The molecule has 222 valence electrons. The summed E-state index contributed by atoms with van der Waals surface area (Å²) < 4.78 is 10.9. The molecule has 0 fully saturated rings. The molecule has 2 atom stereocenters. The summed E-state index contributed by atoms with van der Waals surface area (Å²) in [6, 6.07) is 12.3. The van der Waals surface area contributed by atoms with Gasteiger partial charge in [0, 0.05) is 32.9 Å². The second-order valence-corrected chi connectivity index (χ2v) is 9.42. The second kappa shape index (κ2) is 17.1. The Morgan fingerprint density at radius 3 is 2.05 bits per heavy atom. The zero-order valence-electron chi connectivity index (χ0n) is 23.6. The third-order valence-electron chi connectivity index (χ3n) is 5.73. The third kappa shape index (κ3) is 9.98. The van der Waals surface area contributed by atoms with Crippen molar-refractivity contribution in [2.75, 3.05) is 7.11 Å². The lowest BCUT2D eigenvalue weighted by molar-refractivity contribution is -0.156. The van der Waals surface area contributed by atoms with Gasteiger partial charge in [-0.15, -0.1) is 0 Å². The fraction of sp³-hybridized carbons (Fsp3) is 0.321. The lowest BCUT2D eigenvalue weighted by atomic mass is 10.0. The van der Waals surface area contributed by atoms with Crippen molar-refractivity contribution in [2.24, 2.45) is 19.8 Å². The lowest BCUT2D eigenvalue weighted by Crippen LogP contribution is -2.39. The summed E-state index contributed by atoms with van der Waals surface area (Å²) in [5, 5.41) is 3.52. The van der Waals surface area contributed by atoms with Gasteiger partial charge in [0.2, 0.25) is 0 Å². The molecule has 0 aliphatic rings. The normalized spacial score (nSPS) is 11.5. The molecule has 13 heteroatoms. The van der Waals surface area contributed by atoms with E-state index in [4.69, 9.17) is 33.7 Å². The molecule has 11 nitrogen and oxygen atoms in total. The largest absolute Gasteiger partial charge is 0.424 e. The van der Waals surface area contributed by atoms with E-state index in [1.807, 2.05) is 31.2 Å². The molecule has 0 saturated heterocycles. The highest BCUT2D eigenvalue weighted by atomic mass is 35.5. The van der Waals surface area contributed by atoms with Crippen LogP contribution in [0.1, 0.15) is 35.5 Å². The van der Waals surface area contributed by atoms with Gasteiger partial charge < -0.3 is 24.2 Å². The van der Waals surface area contributed by atoms with Gasteiger partial charge in [-0.05, 0) is 50.5 Å². The Balaban J connectivity index is 0.000000723. The number of halogens is 2. The molecule has 0 saturated carbocycles. The van der Waals surface area contributed by atoms with Gasteiger partial charge in [0.05, 0.1) is 21.2 Å². The van der Waals surface area contributed by atoms with Gasteiger partial charge in [-0.3, -0.25) is 24.7 Å². The first-order chi connectivity index (χ1) is 19.3. The van der Waals surface area contributed by atoms with E-state index in [0.717, 1.165) is 22.0 Å². The number of nitrogens with zero attached hydrogens (tertiary/aromatic N) is 2. The molecule has 2 unspecified atom stereocenters. The van der Waals surface area contributed by atoms with E-state index in [2.05, 4.69) is 14.8 Å². The number of amides is 1. The molecule has 0 bridgehead atoms. The predicted octanol–water partition coefficient (Wildman–Crippen LogP) is 2.98. The van der Waals surface area contributed by atoms with Gasteiger partial charge >= 0.3 is 5.69 Å². The van der Waals surface area contributed by atoms with E-state index >= 15 is 0 Å². The van der Waals surface area contributed by atoms with Crippen molar-refractivity contribution >= 4 is 41.9 Å². The van der Waals surface area contributed by atoms with Crippen molar-refractivity contribution in [3.05, 3.63) is 90.2 Å². The number of rotatable bonds is 8. The summed E-state index contributed by atoms with van der Waals surface area (Å²) in [7, 11) is 4.45. The number of aldehydes is 1. The van der Waals surface area contributed by atoms with Crippen molar-refractivity contribution in [2.45, 2.75) is 39.6 Å². The van der Waals surface area contributed by atoms with Gasteiger partial charge in [0.15, 0.2) is 0 Å². The van der Waals surface area contributed by atoms with Crippen LogP contribution in [0.15, 0.2) is 52.1 Å². The molecule has 2 aromatic carbocycles. The minimum atomic E-state index is -0.919. The molecule has 1 heterocycles. The van der Waals surface area contributed by atoms with E-state index in [-0.39, 0.29) is 35.2 Å². The van der Waals surface area contributed by atoms with Crippen LogP contribution in [-0.2, 0) is 39.6 Å². The SMILES string of the molecule is CC=O.COC(N)OC=O.Cc1c(-c2ccc(CC(C)NC(=O)c3c(Cl)cccc3Cl)cc2)c(=O)n(C)c(=O)n1C. The summed E-state index contributed by atoms with van der Waals surface area (Å²) in [5.41, 5.74) is 7.30. The number of ether oxygens (including phenoxy) is 2. The van der Waals surface area contributed by atoms with Crippen molar-refractivity contribution in [3.8, 4) is 11.1 Å². The van der Waals surface area contributed by atoms with Gasteiger partial charge in [-0.2, -0.15) is 0 Å². The number of aromatic nitrogens is 2. The number of carbonyl (C=O) groups is 3. The van der Waals surface area contributed by atoms with Crippen LogP contribution in [0.4, 0.5) is 0 Å². The number of hydrogen-bond acceptors (Lipinski definition) is 8. The molecule has 41 heavy (non-hydrogen) atoms. The molecular weight excluding hydrogens is 575 g/mol. The number of nitrogens with one attached hydrogen (secondary N) is 1. The molecule has 0 aliphatic heterocycles. The zero-order valence-corrected chi connectivity index (χ0v) is 25.2. The number of nitrogens with two attached hydrogens (primary N) is 1. The van der Waals surface area contributed by atoms with Gasteiger partial charge in [0.25, 0.3) is 24.4 Å². The Bertz CT molecular complexity index is 1430. The molecule has 0 spiro atoms. The molecule has 0 radical (unpaired) electrons. The molecule has 0 aliphatic carbocycles. The second-order valence-electron chi connectivity index (χ2n) is 8.61. The molecule has 1 aromatic heterocycles. The summed E-state index contributed by atoms with van der Waals surface area (Å²) in [5.74, 6) is -0.330. The van der Waals surface area contributed by atoms with Crippen LogP contribution in [-0.4, -0.2) is 47.4 Å². The van der Waals surface area contributed by atoms with E-state index in [9.17, 15) is 19.2 Å². The standard InChI is InChI=1S/C23H23Cl2N3O3.C3H7NO3.C2H4O/c1-13(26-21(29)20-17(24)6-5-7-18(20)25)12-15-8-10-16(11-9-15)19-14(2)27(3)23(31)28(4)22(19)30;1-6-3(4)7-2-5;1-2-3/h5-11,13H,12H2,1-4H3,(H,26,29);2-3H,4H2,1H3;2H,1H3. The number of benzene rings is 2. The van der Waals surface area contributed by atoms with E-state index in [0.29, 0.717) is 27.7 Å². The highest BCUT2D eigenvalue weighted by Crippen LogP contribution is 2.24. The van der Waals surface area contributed by atoms with Crippen LogP contribution in [0.5, 0.6) is 0 Å². The van der Waals surface area contributed by atoms with Crippen LogP contribution in [0, 0.1) is 6.92 Å². The summed E-state index contributed by atoms with van der Waals surface area (Å²) in [6.07, 6.45) is 0.413. The summed E-state index contributed by atoms with van der Waals surface area (Å²) in [4.78, 5) is 55.4. The van der Waals surface area contributed by atoms with Crippen molar-refractivity contribution in [3.63, 3.8) is 0 Å². The van der Waals surface area contributed by atoms with E-state index < -0.39 is 6.41 Å². The number of carbonyl (C=O) groups excluding carboxylic acids is 3. The van der Waals surface area contributed by atoms with E-state index in [1.54, 1.807) is 32.2 Å². The number of methoxy groups -OCH3 is 1. The van der Waals surface area contributed by atoms with Crippen LogP contribution >= 0.6 is 23.2 Å². The molecule has 1 amide bonds. The van der Waals surface area contributed by atoms with Crippen LogP contribution in [0.3, 0.4) is 0 Å². The van der Waals surface area contributed by atoms with Crippen molar-refractivity contribution in [1.82, 2.24) is 14.5 Å². The smallest absolute Gasteiger partial charge is 0.330 e. The van der Waals surface area contributed by atoms with Gasteiger partial charge in [-0.25, -0.2) is 4.79 Å². The van der Waals surface area contributed by atoms with Crippen molar-refractivity contribution in [1.29, 1.82) is 0 Å². The monoisotopic (exact) mass is 608 g/mol. The topological polar surface area (TPSA) is 152 Å². The summed E-state index contributed by atoms with van der Waals surface area (Å²) >= 11 is 12.2.